The topological polar surface area (TPSA) is 37.4 Å². The number of hydrogen-bond donors (Lipinski definition) is 1. The lowest BCUT2D eigenvalue weighted by molar-refractivity contribution is 0.0384. The van der Waals surface area contributed by atoms with Crippen molar-refractivity contribution in [2.75, 3.05) is 31.1 Å². The molecule has 118 valence electrons. The first-order valence-electron chi connectivity index (χ1n) is 8.34. The van der Waals surface area contributed by atoms with Crippen LogP contribution in [0.2, 0.25) is 0 Å². The largest absolute Gasteiger partial charge is 0.375 e. The van der Waals surface area contributed by atoms with Gasteiger partial charge in [0.05, 0.1) is 30.3 Å². The zero-order valence-corrected chi connectivity index (χ0v) is 13.6. The average molecular weight is 291 g/mol. The first kappa shape index (κ1) is 16.2. The summed E-state index contributed by atoms with van der Waals surface area (Å²) in [4.78, 5) is 7.07. The third-order valence-corrected chi connectivity index (χ3v) is 4.14. The molecule has 0 bridgehead atoms. The van der Waals surface area contributed by atoms with Crippen LogP contribution < -0.4 is 10.2 Å². The Morgan fingerprint density at radius 2 is 2.24 bits per heavy atom. The molecule has 2 unspecified atom stereocenters. The van der Waals surface area contributed by atoms with Gasteiger partial charge in [-0.1, -0.05) is 20.8 Å². The number of ether oxygens (including phenoxy) is 1. The van der Waals surface area contributed by atoms with Gasteiger partial charge in [0.1, 0.15) is 0 Å². The molecule has 0 spiro atoms. The van der Waals surface area contributed by atoms with Gasteiger partial charge in [-0.3, -0.25) is 4.98 Å². The summed E-state index contributed by atoms with van der Waals surface area (Å²) in [6.07, 6.45) is 5.67. The average Bonchev–Trinajstić information content (AvgIpc) is 2.56. The Labute approximate surface area is 128 Å². The summed E-state index contributed by atoms with van der Waals surface area (Å²) >= 11 is 0. The van der Waals surface area contributed by atoms with Crippen molar-refractivity contribution in [3.63, 3.8) is 0 Å². The summed E-state index contributed by atoms with van der Waals surface area (Å²) < 4.78 is 5.73. The van der Waals surface area contributed by atoms with Crippen LogP contribution in [-0.2, 0) is 4.74 Å². The normalized spacial score (nSPS) is 20.5. The van der Waals surface area contributed by atoms with Crippen molar-refractivity contribution in [3.05, 3.63) is 24.0 Å². The second-order valence-corrected chi connectivity index (χ2v) is 5.70. The molecule has 1 N–H and O–H groups in total. The molecule has 1 aliphatic rings. The second kappa shape index (κ2) is 8.35. The van der Waals surface area contributed by atoms with E-state index in [-0.39, 0.29) is 0 Å². The molecule has 4 nitrogen and oxygen atoms in total. The van der Waals surface area contributed by atoms with Gasteiger partial charge in [0.15, 0.2) is 0 Å². The van der Waals surface area contributed by atoms with Gasteiger partial charge in [-0.25, -0.2) is 0 Å². The van der Waals surface area contributed by atoms with Crippen molar-refractivity contribution < 1.29 is 4.74 Å². The quantitative estimate of drug-likeness (QED) is 0.837. The number of hydrogen-bond acceptors (Lipinski definition) is 4. The van der Waals surface area contributed by atoms with Crippen LogP contribution in [0, 0.1) is 0 Å². The lowest BCUT2D eigenvalue weighted by atomic mass is 10.1. The van der Waals surface area contributed by atoms with Crippen LogP contribution in [0.4, 0.5) is 5.69 Å². The monoisotopic (exact) mass is 291 g/mol. The number of morpholine rings is 1. The molecule has 0 aliphatic carbocycles. The minimum atomic E-state index is 0.355. The van der Waals surface area contributed by atoms with E-state index in [0.29, 0.717) is 12.1 Å². The van der Waals surface area contributed by atoms with Crippen molar-refractivity contribution in [2.45, 2.75) is 52.2 Å². The van der Waals surface area contributed by atoms with Crippen LogP contribution in [0.25, 0.3) is 0 Å². The highest BCUT2D eigenvalue weighted by molar-refractivity contribution is 5.45. The summed E-state index contributed by atoms with van der Waals surface area (Å²) in [6.45, 7) is 10.4. The Hall–Kier alpha value is -1.13. The molecule has 2 rings (SSSR count). The molecule has 0 saturated carbocycles. The first-order chi connectivity index (χ1) is 10.3. The first-order valence-corrected chi connectivity index (χ1v) is 8.34. The second-order valence-electron chi connectivity index (χ2n) is 5.70. The highest BCUT2D eigenvalue weighted by Crippen LogP contribution is 2.21. The fraction of sp³-hybridized carbons (Fsp3) is 0.706. The van der Waals surface area contributed by atoms with E-state index in [4.69, 9.17) is 4.74 Å². The third-order valence-electron chi connectivity index (χ3n) is 4.14. The summed E-state index contributed by atoms with van der Waals surface area (Å²) in [5.74, 6) is 0. The molecular weight excluding hydrogens is 262 g/mol. The Bertz CT molecular complexity index is 407. The molecule has 0 radical (unpaired) electrons. The lowest BCUT2D eigenvalue weighted by Crippen LogP contribution is -2.42. The van der Waals surface area contributed by atoms with Gasteiger partial charge < -0.3 is 15.0 Å². The molecule has 21 heavy (non-hydrogen) atoms. The van der Waals surface area contributed by atoms with Gasteiger partial charge in [0, 0.05) is 19.1 Å². The Morgan fingerprint density at radius 3 is 2.86 bits per heavy atom. The van der Waals surface area contributed by atoms with Crippen molar-refractivity contribution >= 4 is 5.69 Å². The maximum absolute atomic E-state index is 5.73. The number of pyridine rings is 1. The molecule has 1 fully saturated rings. The van der Waals surface area contributed by atoms with Gasteiger partial charge in [-0.15, -0.1) is 0 Å². The van der Waals surface area contributed by atoms with Crippen LogP contribution >= 0.6 is 0 Å². The third kappa shape index (κ3) is 4.42. The molecule has 4 heteroatoms. The number of anilines is 1. The van der Waals surface area contributed by atoms with Crippen molar-refractivity contribution in [2.24, 2.45) is 0 Å². The number of nitrogens with zero attached hydrogens (tertiary/aromatic N) is 2. The Balaban J connectivity index is 2.00. The Kier molecular flexibility index (Phi) is 6.46. The zero-order valence-electron chi connectivity index (χ0n) is 13.6. The van der Waals surface area contributed by atoms with Gasteiger partial charge >= 0.3 is 0 Å². The van der Waals surface area contributed by atoms with Crippen LogP contribution in [0.15, 0.2) is 18.3 Å². The zero-order chi connectivity index (χ0) is 15.1. The van der Waals surface area contributed by atoms with Crippen molar-refractivity contribution in [1.29, 1.82) is 0 Å². The molecule has 1 aliphatic heterocycles. The van der Waals surface area contributed by atoms with Crippen LogP contribution in [-0.4, -0.2) is 37.3 Å². The fourth-order valence-corrected chi connectivity index (χ4v) is 2.77. The van der Waals surface area contributed by atoms with E-state index in [1.807, 2.05) is 6.20 Å². The smallest absolute Gasteiger partial charge is 0.0748 e. The predicted octanol–water partition coefficient (Wildman–Crippen LogP) is 3.15. The number of aromatic nitrogens is 1. The standard InChI is InChI=1S/C17H29N3O/c1-4-9-18-16(6-3)17-8-7-14(12-19-17)20-10-11-21-15(5-2)13-20/h7-8,12,15-16,18H,4-6,9-11,13H2,1-3H3. The molecule has 2 heterocycles. The fourth-order valence-electron chi connectivity index (χ4n) is 2.77. The highest BCUT2D eigenvalue weighted by atomic mass is 16.5. The maximum Gasteiger partial charge on any atom is 0.0748 e. The minimum Gasteiger partial charge on any atom is -0.375 e. The number of rotatable bonds is 7. The Morgan fingerprint density at radius 1 is 1.38 bits per heavy atom. The van der Waals surface area contributed by atoms with E-state index in [1.54, 1.807) is 0 Å². The highest BCUT2D eigenvalue weighted by Gasteiger charge is 2.19. The lowest BCUT2D eigenvalue weighted by Gasteiger charge is -2.34. The predicted molar refractivity (Wildman–Crippen MR) is 87.8 cm³/mol. The van der Waals surface area contributed by atoms with Crippen LogP contribution in [0.5, 0.6) is 0 Å². The van der Waals surface area contributed by atoms with E-state index in [9.17, 15) is 0 Å². The summed E-state index contributed by atoms with van der Waals surface area (Å²) in [6, 6.07) is 4.74. The van der Waals surface area contributed by atoms with E-state index in [0.717, 1.165) is 51.2 Å². The van der Waals surface area contributed by atoms with Gasteiger partial charge in [0.2, 0.25) is 0 Å². The van der Waals surface area contributed by atoms with E-state index < -0.39 is 0 Å². The van der Waals surface area contributed by atoms with Gasteiger partial charge in [0.25, 0.3) is 0 Å². The summed E-state index contributed by atoms with van der Waals surface area (Å²) in [5.41, 5.74) is 2.36. The molecule has 2 atom stereocenters. The van der Waals surface area contributed by atoms with Gasteiger partial charge in [-0.2, -0.15) is 0 Å². The van der Waals surface area contributed by atoms with Crippen LogP contribution in [0.3, 0.4) is 0 Å². The number of nitrogens with one attached hydrogen (secondary N) is 1. The molecular formula is C17H29N3O. The summed E-state index contributed by atoms with van der Waals surface area (Å²) in [7, 11) is 0. The van der Waals surface area contributed by atoms with E-state index in [1.165, 1.54) is 5.69 Å². The summed E-state index contributed by atoms with van der Waals surface area (Å²) in [5, 5.41) is 3.55. The molecule has 1 saturated heterocycles. The van der Waals surface area contributed by atoms with Crippen LogP contribution in [0.1, 0.15) is 51.8 Å². The van der Waals surface area contributed by atoms with E-state index in [2.05, 4.69) is 48.1 Å². The molecule has 1 aromatic rings. The maximum atomic E-state index is 5.73. The van der Waals surface area contributed by atoms with Gasteiger partial charge in [-0.05, 0) is 37.9 Å². The molecule has 0 aromatic carbocycles. The SMILES string of the molecule is CCCNC(CC)c1ccc(N2CCOC(CC)C2)cn1. The minimum absolute atomic E-state index is 0.355. The van der Waals surface area contributed by atoms with Crippen molar-refractivity contribution in [3.8, 4) is 0 Å². The van der Waals surface area contributed by atoms with Crippen molar-refractivity contribution in [1.82, 2.24) is 10.3 Å². The van der Waals surface area contributed by atoms with E-state index >= 15 is 0 Å². The molecule has 0 amide bonds. The molecule has 1 aromatic heterocycles.